The Bertz CT molecular complexity index is 1150. The maximum Gasteiger partial charge on any atom is 0.255 e. The maximum absolute atomic E-state index is 12.3. The molecule has 0 aliphatic heterocycles. The van der Waals surface area contributed by atoms with Crippen molar-refractivity contribution in [3.05, 3.63) is 102 Å². The SMILES string of the molecule is CS(=O)(=O)N(CC(=O)N/N=C\c1ccccc1OCc1ccccc1)Cc1ccccc1. The van der Waals surface area contributed by atoms with Crippen molar-refractivity contribution in [2.75, 3.05) is 12.8 Å². The number of nitrogens with one attached hydrogen (secondary N) is 1. The summed E-state index contributed by atoms with van der Waals surface area (Å²) in [5, 5.41) is 3.97. The van der Waals surface area contributed by atoms with Crippen molar-refractivity contribution in [3.63, 3.8) is 0 Å². The topological polar surface area (TPSA) is 88.1 Å². The van der Waals surface area contributed by atoms with Gasteiger partial charge in [-0.1, -0.05) is 72.8 Å². The summed E-state index contributed by atoms with van der Waals surface area (Å²) in [7, 11) is -3.58. The van der Waals surface area contributed by atoms with Gasteiger partial charge >= 0.3 is 0 Å². The van der Waals surface area contributed by atoms with Gasteiger partial charge in [0.05, 0.1) is 19.0 Å². The van der Waals surface area contributed by atoms with Crippen molar-refractivity contribution in [2.45, 2.75) is 13.2 Å². The number of nitrogens with zero attached hydrogens (tertiary/aromatic N) is 2. The van der Waals surface area contributed by atoms with Crippen LogP contribution in [0.4, 0.5) is 0 Å². The molecule has 1 amide bonds. The second-order valence-electron chi connectivity index (χ2n) is 7.12. The van der Waals surface area contributed by atoms with E-state index in [1.807, 2.05) is 72.8 Å². The lowest BCUT2D eigenvalue weighted by atomic mass is 10.2. The minimum absolute atomic E-state index is 0.104. The van der Waals surface area contributed by atoms with Gasteiger partial charge in [-0.05, 0) is 23.3 Å². The first-order chi connectivity index (χ1) is 15.4. The predicted molar refractivity (Wildman–Crippen MR) is 125 cm³/mol. The van der Waals surface area contributed by atoms with Gasteiger partial charge in [-0.15, -0.1) is 0 Å². The van der Waals surface area contributed by atoms with Crippen molar-refractivity contribution in [3.8, 4) is 5.75 Å². The van der Waals surface area contributed by atoms with E-state index in [-0.39, 0.29) is 13.1 Å². The van der Waals surface area contributed by atoms with E-state index in [1.165, 1.54) is 6.21 Å². The summed E-state index contributed by atoms with van der Waals surface area (Å²) in [6.07, 6.45) is 2.55. The van der Waals surface area contributed by atoms with Crippen LogP contribution in [0.2, 0.25) is 0 Å². The van der Waals surface area contributed by atoms with Crippen LogP contribution >= 0.6 is 0 Å². The molecule has 3 aromatic carbocycles. The van der Waals surface area contributed by atoms with Gasteiger partial charge in [0.1, 0.15) is 12.4 Å². The summed E-state index contributed by atoms with van der Waals surface area (Å²) >= 11 is 0. The highest BCUT2D eigenvalue weighted by Gasteiger charge is 2.20. The molecule has 1 N–H and O–H groups in total. The average molecular weight is 452 g/mol. The predicted octanol–water partition coefficient (Wildman–Crippen LogP) is 3.18. The molecule has 0 spiro atoms. The van der Waals surface area contributed by atoms with Crippen LogP contribution in [0.15, 0.2) is 90.0 Å². The number of hydrazone groups is 1. The van der Waals surface area contributed by atoms with Crippen LogP contribution in [-0.2, 0) is 28.0 Å². The molecule has 0 bridgehead atoms. The summed E-state index contributed by atoms with van der Waals surface area (Å²) in [4.78, 5) is 12.3. The Hall–Kier alpha value is -3.49. The first kappa shape index (κ1) is 23.2. The third-order valence-electron chi connectivity index (χ3n) is 4.54. The van der Waals surface area contributed by atoms with Crippen LogP contribution in [0.3, 0.4) is 0 Å². The van der Waals surface area contributed by atoms with E-state index in [1.54, 1.807) is 12.1 Å². The first-order valence-corrected chi connectivity index (χ1v) is 11.8. The molecule has 8 heteroatoms. The molecule has 3 rings (SSSR count). The quantitative estimate of drug-likeness (QED) is 0.379. The third-order valence-corrected chi connectivity index (χ3v) is 5.74. The molecule has 0 aromatic heterocycles. The molecule has 32 heavy (non-hydrogen) atoms. The number of carbonyl (C=O) groups excluding carboxylic acids is 1. The number of carbonyl (C=O) groups is 1. The lowest BCUT2D eigenvalue weighted by molar-refractivity contribution is -0.121. The number of hydrogen-bond acceptors (Lipinski definition) is 5. The van der Waals surface area contributed by atoms with Crippen molar-refractivity contribution >= 4 is 22.1 Å². The Balaban J connectivity index is 1.59. The molecule has 0 saturated heterocycles. The molecule has 0 fully saturated rings. The van der Waals surface area contributed by atoms with Gasteiger partial charge < -0.3 is 4.74 Å². The summed E-state index contributed by atoms with van der Waals surface area (Å²) in [6.45, 7) is 0.172. The van der Waals surface area contributed by atoms with Crippen LogP contribution in [0.5, 0.6) is 5.75 Å². The Kier molecular flexibility index (Phi) is 8.13. The van der Waals surface area contributed by atoms with E-state index >= 15 is 0 Å². The van der Waals surface area contributed by atoms with E-state index in [0.29, 0.717) is 17.9 Å². The molecular weight excluding hydrogens is 426 g/mol. The number of ether oxygens (including phenoxy) is 1. The van der Waals surface area contributed by atoms with Crippen molar-refractivity contribution in [2.24, 2.45) is 5.10 Å². The summed E-state index contributed by atoms with van der Waals surface area (Å²) in [5.74, 6) is 0.0847. The van der Waals surface area contributed by atoms with Crippen LogP contribution < -0.4 is 10.2 Å². The second-order valence-corrected chi connectivity index (χ2v) is 9.10. The molecule has 7 nitrogen and oxygen atoms in total. The van der Waals surface area contributed by atoms with E-state index in [4.69, 9.17) is 4.74 Å². The van der Waals surface area contributed by atoms with Crippen LogP contribution in [-0.4, -0.2) is 37.6 Å². The van der Waals surface area contributed by atoms with Gasteiger partial charge in [-0.2, -0.15) is 9.41 Å². The average Bonchev–Trinajstić information content (AvgIpc) is 2.79. The standard InChI is InChI=1S/C24H25N3O4S/c1-32(29,30)27(17-20-10-4-2-5-11-20)18-24(28)26-25-16-22-14-8-9-15-23(22)31-19-21-12-6-3-7-13-21/h2-16H,17-19H2,1H3,(H,26,28)/b25-16-. The van der Waals surface area contributed by atoms with Gasteiger partial charge in [0, 0.05) is 12.1 Å². The second kappa shape index (κ2) is 11.2. The molecular formula is C24H25N3O4S. The Morgan fingerprint density at radius 3 is 2.19 bits per heavy atom. The van der Waals surface area contributed by atoms with E-state index in [2.05, 4.69) is 10.5 Å². The number of rotatable bonds is 10. The molecule has 0 aliphatic rings. The van der Waals surface area contributed by atoms with Crippen LogP contribution in [0, 0.1) is 0 Å². The normalized spacial score (nSPS) is 11.6. The molecule has 3 aromatic rings. The summed E-state index contributed by atoms with van der Waals surface area (Å²) in [6, 6.07) is 26.2. The smallest absolute Gasteiger partial charge is 0.255 e. The van der Waals surface area contributed by atoms with Gasteiger partial charge in [0.15, 0.2) is 0 Å². The number of benzene rings is 3. The lowest BCUT2D eigenvalue weighted by Crippen LogP contribution is -2.38. The van der Waals surface area contributed by atoms with Gasteiger partial charge in [-0.3, -0.25) is 4.79 Å². The Morgan fingerprint density at radius 2 is 1.53 bits per heavy atom. The monoisotopic (exact) mass is 451 g/mol. The van der Waals surface area contributed by atoms with Crippen LogP contribution in [0.25, 0.3) is 0 Å². The minimum atomic E-state index is -3.58. The van der Waals surface area contributed by atoms with Crippen molar-refractivity contribution in [1.82, 2.24) is 9.73 Å². The highest BCUT2D eigenvalue weighted by molar-refractivity contribution is 7.88. The van der Waals surface area contributed by atoms with E-state index in [0.717, 1.165) is 21.7 Å². The van der Waals surface area contributed by atoms with Gasteiger partial charge in [0.25, 0.3) is 5.91 Å². The highest BCUT2D eigenvalue weighted by Crippen LogP contribution is 2.17. The zero-order valence-corrected chi connectivity index (χ0v) is 18.5. The van der Waals surface area contributed by atoms with Crippen LogP contribution in [0.1, 0.15) is 16.7 Å². The fourth-order valence-electron chi connectivity index (χ4n) is 2.90. The third kappa shape index (κ3) is 7.33. The number of hydrogen-bond donors (Lipinski definition) is 1. The number of amides is 1. The molecule has 0 saturated carbocycles. The number of para-hydroxylation sites is 1. The Labute approximate surface area is 188 Å². The summed E-state index contributed by atoms with van der Waals surface area (Å²) < 4.78 is 31.1. The molecule has 0 aliphatic carbocycles. The Morgan fingerprint density at radius 1 is 0.938 bits per heavy atom. The molecule has 166 valence electrons. The van der Waals surface area contributed by atoms with Gasteiger partial charge in [0.2, 0.25) is 10.0 Å². The summed E-state index contributed by atoms with van der Waals surface area (Å²) in [5.41, 5.74) is 4.90. The molecule has 0 unspecified atom stereocenters. The zero-order chi connectivity index (χ0) is 22.8. The van der Waals surface area contributed by atoms with Crippen molar-refractivity contribution in [1.29, 1.82) is 0 Å². The minimum Gasteiger partial charge on any atom is -0.488 e. The number of sulfonamides is 1. The first-order valence-electron chi connectivity index (χ1n) is 9.98. The molecule has 0 radical (unpaired) electrons. The highest BCUT2D eigenvalue weighted by atomic mass is 32.2. The fourth-order valence-corrected chi connectivity index (χ4v) is 3.64. The van der Waals surface area contributed by atoms with E-state index in [9.17, 15) is 13.2 Å². The molecule has 0 atom stereocenters. The zero-order valence-electron chi connectivity index (χ0n) is 17.7. The van der Waals surface area contributed by atoms with Gasteiger partial charge in [-0.25, -0.2) is 13.8 Å². The van der Waals surface area contributed by atoms with E-state index < -0.39 is 15.9 Å². The maximum atomic E-state index is 12.3. The largest absolute Gasteiger partial charge is 0.488 e. The molecule has 0 heterocycles. The lowest BCUT2D eigenvalue weighted by Gasteiger charge is -2.18. The van der Waals surface area contributed by atoms with Crippen molar-refractivity contribution < 1.29 is 17.9 Å². The fraction of sp³-hybridized carbons (Fsp3) is 0.167.